The van der Waals surface area contributed by atoms with E-state index in [1.165, 1.54) is 11.6 Å². The molecule has 0 aromatic heterocycles. The second-order valence-corrected chi connectivity index (χ2v) is 3.07. The highest BCUT2D eigenvalue weighted by atomic mass is 19.1. The van der Waals surface area contributed by atoms with E-state index in [0.717, 1.165) is 25.1 Å². The maximum Gasteiger partial charge on any atom is 0.146 e. The second-order valence-electron chi connectivity index (χ2n) is 3.07. The Kier molecular flexibility index (Phi) is 1.73. The van der Waals surface area contributed by atoms with E-state index in [1.54, 1.807) is 6.07 Å². The third-order valence-electron chi connectivity index (χ3n) is 2.21. The SMILES string of the molecule is Nc1cc2c(cc1F)CNCC2. The third kappa shape index (κ3) is 1.16. The summed E-state index contributed by atoms with van der Waals surface area (Å²) in [6.45, 7) is 1.71. The monoisotopic (exact) mass is 166 g/mol. The Morgan fingerprint density at radius 1 is 1.33 bits per heavy atom. The number of nitrogen functional groups attached to an aromatic ring is 1. The first-order valence-corrected chi connectivity index (χ1v) is 4.05. The highest BCUT2D eigenvalue weighted by Gasteiger charge is 2.10. The van der Waals surface area contributed by atoms with Crippen LogP contribution in [0, 0.1) is 5.82 Å². The number of nitrogens with one attached hydrogen (secondary N) is 1. The molecule has 0 spiro atoms. The van der Waals surface area contributed by atoms with Crippen LogP contribution in [0.15, 0.2) is 12.1 Å². The maximum absolute atomic E-state index is 13.0. The van der Waals surface area contributed by atoms with Crippen LogP contribution in [0.1, 0.15) is 11.1 Å². The summed E-state index contributed by atoms with van der Waals surface area (Å²) in [6, 6.07) is 3.27. The lowest BCUT2D eigenvalue weighted by molar-refractivity contribution is 0.608. The highest BCUT2D eigenvalue weighted by Crippen LogP contribution is 2.20. The lowest BCUT2D eigenvalue weighted by atomic mass is 10.0. The molecule has 3 heteroatoms. The molecule has 1 aromatic carbocycles. The maximum atomic E-state index is 13.0. The van der Waals surface area contributed by atoms with Crippen molar-refractivity contribution in [2.24, 2.45) is 0 Å². The quantitative estimate of drug-likeness (QED) is 0.565. The predicted octanol–water partition coefficient (Wildman–Crippen LogP) is 1.05. The molecule has 0 aliphatic carbocycles. The van der Waals surface area contributed by atoms with Gasteiger partial charge in [-0.15, -0.1) is 0 Å². The van der Waals surface area contributed by atoms with E-state index in [4.69, 9.17) is 5.73 Å². The fraction of sp³-hybridized carbons (Fsp3) is 0.333. The molecule has 1 aliphatic heterocycles. The molecule has 0 unspecified atom stereocenters. The molecule has 64 valence electrons. The standard InChI is InChI=1S/C9H11FN2/c10-8-3-7-5-12-2-1-6(7)4-9(8)11/h3-4,12H,1-2,5,11H2. The Labute approximate surface area is 70.6 Å². The van der Waals surface area contributed by atoms with Crippen molar-refractivity contribution >= 4 is 5.69 Å². The molecule has 1 aliphatic rings. The van der Waals surface area contributed by atoms with Gasteiger partial charge in [-0.25, -0.2) is 4.39 Å². The molecule has 2 rings (SSSR count). The summed E-state index contributed by atoms with van der Waals surface area (Å²) < 4.78 is 13.0. The summed E-state index contributed by atoms with van der Waals surface area (Å²) in [6.07, 6.45) is 0.944. The zero-order valence-electron chi connectivity index (χ0n) is 6.73. The van der Waals surface area contributed by atoms with Crippen LogP contribution in [-0.2, 0) is 13.0 Å². The number of hydrogen-bond donors (Lipinski definition) is 2. The van der Waals surface area contributed by atoms with E-state index in [1.807, 2.05) is 0 Å². The van der Waals surface area contributed by atoms with Crippen LogP contribution >= 0.6 is 0 Å². The van der Waals surface area contributed by atoms with Gasteiger partial charge in [-0.1, -0.05) is 0 Å². The molecule has 0 bridgehead atoms. The van der Waals surface area contributed by atoms with Crippen LogP contribution in [0.25, 0.3) is 0 Å². The summed E-state index contributed by atoms with van der Waals surface area (Å²) >= 11 is 0. The first-order chi connectivity index (χ1) is 5.77. The van der Waals surface area contributed by atoms with Crippen LogP contribution in [0.3, 0.4) is 0 Å². The Balaban J connectivity index is 2.49. The van der Waals surface area contributed by atoms with Gasteiger partial charge >= 0.3 is 0 Å². The molecule has 2 nitrogen and oxygen atoms in total. The van der Waals surface area contributed by atoms with Gasteiger partial charge in [0.05, 0.1) is 5.69 Å². The molecule has 1 heterocycles. The van der Waals surface area contributed by atoms with Gasteiger partial charge in [-0.05, 0) is 36.2 Å². The molecular formula is C9H11FN2. The van der Waals surface area contributed by atoms with Crippen molar-refractivity contribution in [3.05, 3.63) is 29.1 Å². The zero-order valence-corrected chi connectivity index (χ0v) is 6.73. The van der Waals surface area contributed by atoms with Crippen molar-refractivity contribution in [3.8, 4) is 0 Å². The number of fused-ring (bicyclic) bond motifs is 1. The number of halogens is 1. The van der Waals surface area contributed by atoms with Crippen molar-refractivity contribution < 1.29 is 4.39 Å². The summed E-state index contributed by atoms with van der Waals surface area (Å²) in [5.41, 5.74) is 7.92. The predicted molar refractivity (Wildman–Crippen MR) is 46.2 cm³/mol. The minimum Gasteiger partial charge on any atom is -0.396 e. The highest BCUT2D eigenvalue weighted by molar-refractivity contribution is 5.47. The lowest BCUT2D eigenvalue weighted by Crippen LogP contribution is -2.23. The van der Waals surface area contributed by atoms with Crippen molar-refractivity contribution in [1.29, 1.82) is 0 Å². The van der Waals surface area contributed by atoms with E-state index in [9.17, 15) is 4.39 Å². The van der Waals surface area contributed by atoms with Crippen LogP contribution in [0.5, 0.6) is 0 Å². The molecule has 3 N–H and O–H groups in total. The van der Waals surface area contributed by atoms with Crippen molar-refractivity contribution in [3.63, 3.8) is 0 Å². The van der Waals surface area contributed by atoms with Crippen LogP contribution in [-0.4, -0.2) is 6.54 Å². The minimum absolute atomic E-state index is 0.260. The molecule has 0 saturated heterocycles. The van der Waals surface area contributed by atoms with Crippen LogP contribution in [0.2, 0.25) is 0 Å². The molecule has 12 heavy (non-hydrogen) atoms. The van der Waals surface area contributed by atoms with Crippen molar-refractivity contribution in [2.75, 3.05) is 12.3 Å². The molecule has 1 aromatic rings. The Bertz CT molecular complexity index is 279. The van der Waals surface area contributed by atoms with E-state index in [-0.39, 0.29) is 11.5 Å². The van der Waals surface area contributed by atoms with Gasteiger partial charge in [0.25, 0.3) is 0 Å². The summed E-state index contributed by atoms with van der Waals surface area (Å²) in [5.74, 6) is -0.308. The molecule has 0 amide bonds. The molecule has 0 fully saturated rings. The first kappa shape index (κ1) is 7.55. The average Bonchev–Trinajstić information content (AvgIpc) is 2.07. The largest absolute Gasteiger partial charge is 0.396 e. The van der Waals surface area contributed by atoms with Gasteiger partial charge in [0, 0.05) is 6.54 Å². The number of rotatable bonds is 0. The Morgan fingerprint density at radius 2 is 2.17 bits per heavy atom. The van der Waals surface area contributed by atoms with E-state index < -0.39 is 0 Å². The van der Waals surface area contributed by atoms with Crippen molar-refractivity contribution in [2.45, 2.75) is 13.0 Å². The second kappa shape index (κ2) is 2.75. The van der Waals surface area contributed by atoms with Gasteiger partial charge in [0.2, 0.25) is 0 Å². The minimum atomic E-state index is -0.308. The van der Waals surface area contributed by atoms with Gasteiger partial charge in [-0.3, -0.25) is 0 Å². The zero-order chi connectivity index (χ0) is 8.55. The number of anilines is 1. The van der Waals surface area contributed by atoms with Gasteiger partial charge < -0.3 is 11.1 Å². The van der Waals surface area contributed by atoms with Crippen LogP contribution in [0.4, 0.5) is 10.1 Å². The molecule has 0 radical (unpaired) electrons. The smallest absolute Gasteiger partial charge is 0.146 e. The normalized spacial score (nSPS) is 15.8. The Hall–Kier alpha value is -1.09. The first-order valence-electron chi connectivity index (χ1n) is 4.05. The topological polar surface area (TPSA) is 38.0 Å². The number of benzene rings is 1. The van der Waals surface area contributed by atoms with Gasteiger partial charge in [-0.2, -0.15) is 0 Å². The summed E-state index contributed by atoms with van der Waals surface area (Å²) in [7, 11) is 0. The molecule has 0 saturated carbocycles. The summed E-state index contributed by atoms with van der Waals surface area (Å²) in [4.78, 5) is 0. The van der Waals surface area contributed by atoms with Crippen LogP contribution < -0.4 is 11.1 Å². The fourth-order valence-electron chi connectivity index (χ4n) is 1.52. The number of hydrogen-bond acceptors (Lipinski definition) is 2. The van der Waals surface area contributed by atoms with E-state index >= 15 is 0 Å². The molecular weight excluding hydrogens is 155 g/mol. The number of nitrogens with two attached hydrogens (primary N) is 1. The molecule has 0 atom stereocenters. The van der Waals surface area contributed by atoms with Gasteiger partial charge in [0.1, 0.15) is 5.82 Å². The third-order valence-corrected chi connectivity index (χ3v) is 2.21. The van der Waals surface area contributed by atoms with Crippen molar-refractivity contribution in [1.82, 2.24) is 5.32 Å². The van der Waals surface area contributed by atoms with E-state index in [0.29, 0.717) is 0 Å². The van der Waals surface area contributed by atoms with Gasteiger partial charge in [0.15, 0.2) is 0 Å². The van der Waals surface area contributed by atoms with E-state index in [2.05, 4.69) is 5.32 Å². The Morgan fingerprint density at radius 3 is 3.00 bits per heavy atom. The average molecular weight is 166 g/mol. The summed E-state index contributed by atoms with van der Waals surface area (Å²) in [5, 5.41) is 3.18. The lowest BCUT2D eigenvalue weighted by Gasteiger charge is -2.17. The fourth-order valence-corrected chi connectivity index (χ4v) is 1.52.